The Bertz CT molecular complexity index is 2460. The highest BCUT2D eigenvalue weighted by Crippen LogP contribution is 2.58. The van der Waals surface area contributed by atoms with Gasteiger partial charge in [-0.2, -0.15) is 27.5 Å². The highest BCUT2D eigenvalue weighted by Gasteiger charge is 2.49. The zero-order valence-electron chi connectivity index (χ0n) is 28.7. The molecule has 0 spiro atoms. The topological polar surface area (TPSA) is 54.8 Å². The fraction of sp³-hybridized carbons (Fsp3) is 0.116. The first-order chi connectivity index (χ1) is 25.1. The zero-order valence-corrected chi connectivity index (χ0v) is 28.7. The Morgan fingerprint density at radius 3 is 1.65 bits per heavy atom. The molecule has 1 aliphatic heterocycles. The van der Waals surface area contributed by atoms with E-state index < -0.39 is 29.2 Å². The van der Waals surface area contributed by atoms with E-state index in [9.17, 15) is 8.78 Å². The molecular weight excluding hydrogens is 662 g/mol. The number of fused-ring (bicyclic) bond motifs is 2. The van der Waals surface area contributed by atoms with Crippen LogP contribution in [0.15, 0.2) is 115 Å². The maximum atomic E-state index is 15.4. The van der Waals surface area contributed by atoms with Gasteiger partial charge in [0.2, 0.25) is 23.8 Å². The summed E-state index contributed by atoms with van der Waals surface area (Å²) in [6.45, 7) is 7.87. The van der Waals surface area contributed by atoms with Crippen LogP contribution in [0.5, 0.6) is 0 Å². The molecule has 1 aliphatic rings. The molecule has 5 heterocycles. The van der Waals surface area contributed by atoms with Gasteiger partial charge in [0.15, 0.2) is 0 Å². The van der Waals surface area contributed by atoms with Crippen LogP contribution in [0.25, 0.3) is 22.5 Å². The number of para-hydroxylation sites is 2. The Kier molecular flexibility index (Phi) is 7.94. The van der Waals surface area contributed by atoms with Crippen molar-refractivity contribution in [2.24, 2.45) is 0 Å². The molecule has 0 bridgehead atoms. The summed E-state index contributed by atoms with van der Waals surface area (Å²) in [6.07, 6.45) is 0. The van der Waals surface area contributed by atoms with E-state index in [2.05, 4.69) is 47.8 Å². The maximum absolute atomic E-state index is 15.4. The number of aromatic nitrogens is 4. The van der Waals surface area contributed by atoms with Gasteiger partial charge in [0.1, 0.15) is 5.41 Å². The molecule has 0 atom stereocenters. The third-order valence-electron chi connectivity index (χ3n) is 9.71. The smallest absolute Gasteiger partial charge is 0.225 e. The van der Waals surface area contributed by atoms with Crippen LogP contribution < -0.4 is 4.90 Å². The summed E-state index contributed by atoms with van der Waals surface area (Å²) in [5, 5.41) is 0. The monoisotopic (exact) mass is 693 g/mol. The zero-order chi connectivity index (χ0) is 36.3. The number of rotatable bonds is 5. The highest BCUT2D eigenvalue weighted by atomic mass is 19.1. The molecule has 4 aromatic heterocycles. The van der Waals surface area contributed by atoms with Crippen molar-refractivity contribution in [1.29, 1.82) is 0 Å². The summed E-state index contributed by atoms with van der Waals surface area (Å²) in [5.41, 5.74) is 8.35. The Morgan fingerprint density at radius 2 is 1.06 bits per heavy atom. The minimum absolute atomic E-state index is 0.0279. The van der Waals surface area contributed by atoms with Gasteiger partial charge in [-0.1, -0.05) is 66.2 Å². The third-order valence-corrected chi connectivity index (χ3v) is 9.71. The van der Waals surface area contributed by atoms with E-state index in [1.807, 2.05) is 60.7 Å². The molecule has 256 valence electrons. The predicted molar refractivity (Wildman–Crippen MR) is 194 cm³/mol. The van der Waals surface area contributed by atoms with Crippen LogP contribution >= 0.6 is 0 Å². The molecule has 0 saturated carbocycles. The van der Waals surface area contributed by atoms with E-state index in [0.717, 1.165) is 50.9 Å². The average molecular weight is 694 g/mol. The van der Waals surface area contributed by atoms with E-state index in [-0.39, 0.29) is 22.5 Å². The van der Waals surface area contributed by atoms with Crippen LogP contribution in [-0.4, -0.2) is 19.9 Å². The SMILES string of the molecule is Cc1cc(C)c(N2c3ccccc3C(c3cccc(-c4ccc(F)nc4F)n3)(c3cccc(-c4c(C)cc(F)nc4F)n3)c3ccccc32)c(C)c1. The lowest BCUT2D eigenvalue weighted by molar-refractivity contribution is 0.513. The second-order valence-corrected chi connectivity index (χ2v) is 13.1. The van der Waals surface area contributed by atoms with Crippen LogP contribution in [0.2, 0.25) is 0 Å². The van der Waals surface area contributed by atoms with Crippen LogP contribution in [0, 0.1) is 51.5 Å². The third kappa shape index (κ3) is 5.15. The molecule has 5 nitrogen and oxygen atoms in total. The molecule has 8 rings (SSSR count). The summed E-state index contributed by atoms with van der Waals surface area (Å²) >= 11 is 0. The largest absolute Gasteiger partial charge is 0.309 e. The van der Waals surface area contributed by atoms with Gasteiger partial charge >= 0.3 is 0 Å². The first-order valence-electron chi connectivity index (χ1n) is 16.8. The van der Waals surface area contributed by atoms with E-state index in [1.165, 1.54) is 12.1 Å². The van der Waals surface area contributed by atoms with Crippen molar-refractivity contribution in [3.63, 3.8) is 0 Å². The van der Waals surface area contributed by atoms with Gasteiger partial charge in [0.05, 0.1) is 51.0 Å². The predicted octanol–water partition coefficient (Wildman–Crippen LogP) is 10.6. The Labute approximate surface area is 298 Å². The van der Waals surface area contributed by atoms with Gasteiger partial charge in [-0.05, 0) is 110 Å². The quantitative estimate of drug-likeness (QED) is 0.133. The van der Waals surface area contributed by atoms with Gasteiger partial charge in [-0.25, -0.2) is 0 Å². The summed E-state index contributed by atoms with van der Waals surface area (Å²) in [4.78, 5) is 19.4. The second kappa shape index (κ2) is 12.5. The molecule has 0 unspecified atom stereocenters. The first kappa shape index (κ1) is 33.0. The molecule has 9 heteroatoms. The summed E-state index contributed by atoms with van der Waals surface area (Å²) < 4.78 is 58.7. The van der Waals surface area contributed by atoms with Crippen molar-refractivity contribution in [2.75, 3.05) is 4.90 Å². The van der Waals surface area contributed by atoms with Crippen molar-refractivity contribution >= 4 is 17.1 Å². The number of hydrogen-bond acceptors (Lipinski definition) is 5. The van der Waals surface area contributed by atoms with Crippen LogP contribution in [0.1, 0.15) is 44.8 Å². The normalized spacial score (nSPS) is 13.1. The molecule has 0 N–H and O–H groups in total. The van der Waals surface area contributed by atoms with E-state index >= 15 is 8.78 Å². The van der Waals surface area contributed by atoms with Crippen molar-refractivity contribution in [2.45, 2.75) is 33.1 Å². The van der Waals surface area contributed by atoms with Gasteiger partial charge in [0, 0.05) is 0 Å². The second-order valence-electron chi connectivity index (χ2n) is 13.1. The van der Waals surface area contributed by atoms with Gasteiger partial charge in [-0.15, -0.1) is 0 Å². The van der Waals surface area contributed by atoms with Crippen molar-refractivity contribution in [3.8, 4) is 22.5 Å². The molecule has 52 heavy (non-hydrogen) atoms. The fourth-order valence-electron chi connectivity index (χ4n) is 7.78. The standard InChI is InChI=1S/C43H31F4N5/c1-24-21-26(3)40(27(4)22-24)52-33-15-7-5-11-29(33)43(30-12-6-8-16-34(30)52,35-17-9-13-31(48-35)28-19-20-37(44)50-41(28)46)36-18-10-14-32(49-36)39-25(2)23-38(45)51-42(39)47/h5-23H,1-4H3. The number of pyridine rings is 4. The lowest BCUT2D eigenvalue weighted by atomic mass is 9.65. The molecule has 0 radical (unpaired) electrons. The molecule has 0 fully saturated rings. The number of anilines is 3. The Morgan fingerprint density at radius 1 is 0.500 bits per heavy atom. The van der Waals surface area contributed by atoms with Crippen molar-refractivity contribution < 1.29 is 17.6 Å². The molecule has 0 amide bonds. The van der Waals surface area contributed by atoms with Crippen molar-refractivity contribution in [1.82, 2.24) is 19.9 Å². The van der Waals surface area contributed by atoms with Crippen LogP contribution in [0.4, 0.5) is 34.6 Å². The van der Waals surface area contributed by atoms with Gasteiger partial charge < -0.3 is 4.90 Å². The number of nitrogens with zero attached hydrogens (tertiary/aromatic N) is 5. The van der Waals surface area contributed by atoms with E-state index in [0.29, 0.717) is 17.0 Å². The van der Waals surface area contributed by atoms with E-state index in [1.54, 1.807) is 31.2 Å². The van der Waals surface area contributed by atoms with Crippen LogP contribution in [0.3, 0.4) is 0 Å². The highest BCUT2D eigenvalue weighted by molar-refractivity contribution is 5.91. The molecule has 0 saturated heterocycles. The minimum Gasteiger partial charge on any atom is -0.309 e. The summed E-state index contributed by atoms with van der Waals surface area (Å²) in [5.74, 6) is -3.83. The van der Waals surface area contributed by atoms with Gasteiger partial charge in [-0.3, -0.25) is 9.97 Å². The molecule has 3 aromatic carbocycles. The lowest BCUT2D eigenvalue weighted by Gasteiger charge is -2.45. The maximum Gasteiger partial charge on any atom is 0.225 e. The van der Waals surface area contributed by atoms with Gasteiger partial charge in [0.25, 0.3) is 0 Å². The molecular formula is C43H31F4N5. The number of hydrogen-bond donors (Lipinski definition) is 0. The summed E-state index contributed by atoms with van der Waals surface area (Å²) in [6, 6.07) is 34.4. The fourth-order valence-corrected chi connectivity index (χ4v) is 7.78. The molecule has 7 aromatic rings. The summed E-state index contributed by atoms with van der Waals surface area (Å²) in [7, 11) is 0. The first-order valence-corrected chi connectivity index (χ1v) is 16.8. The number of benzene rings is 3. The Hall–Kier alpha value is -6.22. The number of aryl methyl sites for hydroxylation is 4. The minimum atomic E-state index is -1.26. The lowest BCUT2D eigenvalue weighted by Crippen LogP contribution is -2.39. The average Bonchev–Trinajstić information content (AvgIpc) is 3.11. The van der Waals surface area contributed by atoms with Crippen LogP contribution in [-0.2, 0) is 5.41 Å². The molecule has 0 aliphatic carbocycles. The number of halogens is 4. The van der Waals surface area contributed by atoms with E-state index in [4.69, 9.17) is 9.97 Å². The Balaban J connectivity index is 1.50. The van der Waals surface area contributed by atoms with Crippen molar-refractivity contribution in [3.05, 3.63) is 184 Å².